The first-order valence-corrected chi connectivity index (χ1v) is 7.92. The van der Waals surface area contributed by atoms with E-state index in [1.807, 2.05) is 20.8 Å². The molecule has 1 heterocycles. The molecule has 0 fully saturated rings. The fraction of sp³-hybridized carbons (Fsp3) is 0.688. The molecule has 0 aliphatic rings. The van der Waals surface area contributed by atoms with Crippen LogP contribution in [0.1, 0.15) is 52.0 Å². The third kappa shape index (κ3) is 7.65. The van der Waals surface area contributed by atoms with E-state index in [0.717, 1.165) is 6.42 Å². The van der Waals surface area contributed by atoms with Crippen LogP contribution in [0, 0.1) is 5.41 Å². The molecule has 0 saturated carbocycles. The molecule has 4 heteroatoms. The predicted octanol–water partition coefficient (Wildman–Crippen LogP) is 3.77. The van der Waals surface area contributed by atoms with Crippen LogP contribution in [0.3, 0.4) is 0 Å². The Morgan fingerprint density at radius 1 is 1.25 bits per heavy atom. The van der Waals surface area contributed by atoms with Gasteiger partial charge >= 0.3 is 5.97 Å². The Balaban J connectivity index is 2.34. The van der Waals surface area contributed by atoms with Crippen LogP contribution in [0.25, 0.3) is 0 Å². The molecule has 0 atom stereocenters. The number of carbonyl (C=O) groups excluding carboxylic acids is 1. The molecule has 0 amide bonds. The van der Waals surface area contributed by atoms with Crippen molar-refractivity contribution < 1.29 is 9.53 Å². The molecule has 1 aromatic rings. The number of hydrogen-bond donors (Lipinski definition) is 1. The third-order valence-electron chi connectivity index (χ3n) is 2.43. The lowest BCUT2D eigenvalue weighted by atomic mass is 9.91. The van der Waals surface area contributed by atoms with Crippen molar-refractivity contribution in [1.29, 1.82) is 0 Å². The van der Waals surface area contributed by atoms with Gasteiger partial charge in [-0.2, -0.15) is 0 Å². The van der Waals surface area contributed by atoms with Crippen molar-refractivity contribution in [3.05, 3.63) is 21.9 Å². The Morgan fingerprint density at radius 2 is 1.90 bits per heavy atom. The Labute approximate surface area is 126 Å². The Bertz CT molecular complexity index is 438. The monoisotopic (exact) mass is 297 g/mol. The average molecular weight is 297 g/mol. The molecule has 1 rings (SSSR count). The molecule has 0 bridgehead atoms. The number of esters is 1. The fourth-order valence-corrected chi connectivity index (χ4v) is 3.01. The van der Waals surface area contributed by atoms with E-state index >= 15 is 0 Å². The summed E-state index contributed by atoms with van der Waals surface area (Å²) in [5, 5.41) is 5.29. The highest BCUT2D eigenvalue weighted by atomic mass is 32.1. The summed E-state index contributed by atoms with van der Waals surface area (Å²) >= 11 is 1.79. The van der Waals surface area contributed by atoms with Gasteiger partial charge in [-0.1, -0.05) is 20.8 Å². The highest BCUT2D eigenvalue weighted by Crippen LogP contribution is 2.25. The number of carbonyl (C=O) groups is 1. The lowest BCUT2D eigenvalue weighted by molar-refractivity contribution is -0.153. The second kappa shape index (κ2) is 6.72. The van der Waals surface area contributed by atoms with Crippen molar-refractivity contribution in [3.63, 3.8) is 0 Å². The van der Waals surface area contributed by atoms with Crippen molar-refractivity contribution in [3.8, 4) is 0 Å². The van der Waals surface area contributed by atoms with Gasteiger partial charge in [0.05, 0.1) is 6.54 Å². The molecule has 0 unspecified atom stereocenters. The normalized spacial score (nSPS) is 12.5. The van der Waals surface area contributed by atoms with Gasteiger partial charge in [0, 0.05) is 11.4 Å². The van der Waals surface area contributed by atoms with E-state index < -0.39 is 5.60 Å². The molecule has 1 aromatic heterocycles. The van der Waals surface area contributed by atoms with E-state index in [0.29, 0.717) is 12.0 Å². The van der Waals surface area contributed by atoms with Gasteiger partial charge in [-0.05, 0) is 49.6 Å². The standard InChI is InChI=1S/C16H27NO2S/c1-15(2,3)8-13-7-12(11-20-13)9-17-10-14(18)19-16(4,5)6/h7,11,17H,8-10H2,1-6H3. The summed E-state index contributed by atoms with van der Waals surface area (Å²) in [4.78, 5) is 13.0. The second-order valence-electron chi connectivity index (χ2n) is 7.35. The maximum atomic E-state index is 11.6. The molecule has 1 N–H and O–H groups in total. The molecule has 0 aliphatic carbocycles. The second-order valence-corrected chi connectivity index (χ2v) is 8.34. The topological polar surface area (TPSA) is 38.3 Å². The van der Waals surface area contributed by atoms with Crippen molar-refractivity contribution in [2.24, 2.45) is 5.41 Å². The SMILES string of the molecule is CC(C)(C)Cc1cc(CNCC(=O)OC(C)(C)C)cs1. The molecule has 0 aromatic carbocycles. The Hall–Kier alpha value is -0.870. The molecular formula is C16H27NO2S. The van der Waals surface area contributed by atoms with Crippen LogP contribution in [0.2, 0.25) is 0 Å². The van der Waals surface area contributed by atoms with Crippen molar-refractivity contribution in [2.75, 3.05) is 6.54 Å². The summed E-state index contributed by atoms with van der Waals surface area (Å²) in [5.41, 5.74) is 1.13. The molecule has 0 saturated heterocycles. The van der Waals surface area contributed by atoms with Gasteiger partial charge in [-0.25, -0.2) is 0 Å². The molecular weight excluding hydrogens is 270 g/mol. The number of ether oxygens (including phenoxy) is 1. The fourth-order valence-electron chi connectivity index (χ4n) is 1.82. The van der Waals surface area contributed by atoms with Gasteiger partial charge in [0.2, 0.25) is 0 Å². The molecule has 0 radical (unpaired) electrons. The molecule has 3 nitrogen and oxygen atoms in total. The van der Waals surface area contributed by atoms with E-state index in [1.54, 1.807) is 11.3 Å². The summed E-state index contributed by atoms with van der Waals surface area (Å²) in [6, 6.07) is 2.22. The summed E-state index contributed by atoms with van der Waals surface area (Å²) in [6.45, 7) is 13.3. The van der Waals surface area contributed by atoms with Crippen molar-refractivity contribution in [2.45, 2.75) is 60.1 Å². The van der Waals surface area contributed by atoms with Crippen LogP contribution in [-0.4, -0.2) is 18.1 Å². The first-order valence-electron chi connectivity index (χ1n) is 7.04. The third-order valence-corrected chi connectivity index (χ3v) is 3.42. The van der Waals surface area contributed by atoms with Gasteiger partial charge < -0.3 is 10.1 Å². The minimum atomic E-state index is -0.416. The minimum absolute atomic E-state index is 0.206. The van der Waals surface area contributed by atoms with E-state index in [2.05, 4.69) is 37.5 Å². The van der Waals surface area contributed by atoms with Gasteiger partial charge in [0.1, 0.15) is 5.60 Å². The number of thiophene rings is 1. The van der Waals surface area contributed by atoms with Crippen LogP contribution in [0.4, 0.5) is 0 Å². The number of hydrogen-bond acceptors (Lipinski definition) is 4. The zero-order valence-electron chi connectivity index (χ0n) is 13.5. The van der Waals surface area contributed by atoms with Gasteiger partial charge in [0.25, 0.3) is 0 Å². The summed E-state index contributed by atoms with van der Waals surface area (Å²) in [6.07, 6.45) is 1.09. The van der Waals surface area contributed by atoms with Gasteiger partial charge in [0.15, 0.2) is 0 Å². The highest BCUT2D eigenvalue weighted by molar-refractivity contribution is 7.10. The Kier molecular flexibility index (Phi) is 5.78. The number of rotatable bonds is 5. The van der Waals surface area contributed by atoms with E-state index in [1.165, 1.54) is 10.4 Å². The quantitative estimate of drug-likeness (QED) is 0.841. The average Bonchev–Trinajstić information content (AvgIpc) is 2.59. The first-order chi connectivity index (χ1) is 9.05. The molecule has 114 valence electrons. The number of nitrogens with one attached hydrogen (secondary N) is 1. The summed E-state index contributed by atoms with van der Waals surface area (Å²) in [7, 11) is 0. The van der Waals surface area contributed by atoms with Crippen molar-refractivity contribution in [1.82, 2.24) is 5.32 Å². The maximum absolute atomic E-state index is 11.6. The maximum Gasteiger partial charge on any atom is 0.320 e. The van der Waals surface area contributed by atoms with Crippen LogP contribution in [0.5, 0.6) is 0 Å². The molecule has 0 spiro atoms. The van der Waals surface area contributed by atoms with Gasteiger partial charge in [-0.3, -0.25) is 4.79 Å². The minimum Gasteiger partial charge on any atom is -0.459 e. The van der Waals surface area contributed by atoms with E-state index in [4.69, 9.17) is 4.74 Å². The van der Waals surface area contributed by atoms with Gasteiger partial charge in [-0.15, -0.1) is 11.3 Å². The van der Waals surface area contributed by atoms with Crippen LogP contribution in [-0.2, 0) is 22.5 Å². The zero-order chi connectivity index (χ0) is 15.4. The summed E-state index contributed by atoms with van der Waals surface area (Å²) < 4.78 is 5.25. The van der Waals surface area contributed by atoms with Crippen molar-refractivity contribution >= 4 is 17.3 Å². The van der Waals surface area contributed by atoms with Crippen LogP contribution >= 0.6 is 11.3 Å². The zero-order valence-corrected chi connectivity index (χ0v) is 14.3. The smallest absolute Gasteiger partial charge is 0.320 e. The largest absolute Gasteiger partial charge is 0.459 e. The molecule has 0 aliphatic heterocycles. The lowest BCUT2D eigenvalue weighted by Gasteiger charge is -2.19. The first kappa shape index (κ1) is 17.2. The highest BCUT2D eigenvalue weighted by Gasteiger charge is 2.16. The summed E-state index contributed by atoms with van der Waals surface area (Å²) in [5.74, 6) is -0.206. The molecule has 20 heavy (non-hydrogen) atoms. The Morgan fingerprint density at radius 3 is 2.45 bits per heavy atom. The van der Waals surface area contributed by atoms with E-state index in [9.17, 15) is 4.79 Å². The predicted molar refractivity (Wildman–Crippen MR) is 85.0 cm³/mol. The van der Waals surface area contributed by atoms with E-state index in [-0.39, 0.29) is 12.5 Å². The van der Waals surface area contributed by atoms with Crippen LogP contribution < -0.4 is 5.32 Å². The lowest BCUT2D eigenvalue weighted by Crippen LogP contribution is -2.31. The van der Waals surface area contributed by atoms with Crippen LogP contribution in [0.15, 0.2) is 11.4 Å².